The molecule has 0 spiro atoms. The summed E-state index contributed by atoms with van der Waals surface area (Å²) in [5.41, 5.74) is 4.82. The molecule has 0 N–H and O–H groups in total. The first-order valence-corrected chi connectivity index (χ1v) is 10.1. The monoisotopic (exact) mass is 382 g/mol. The van der Waals surface area contributed by atoms with Crippen LogP contribution in [0.25, 0.3) is 0 Å². The number of amides is 1. The summed E-state index contributed by atoms with van der Waals surface area (Å²) < 4.78 is 5.69. The Hall–Kier alpha value is -2.40. The van der Waals surface area contributed by atoms with Gasteiger partial charge >= 0.3 is 0 Å². The highest BCUT2D eigenvalue weighted by atomic mass is 32.1. The highest BCUT2D eigenvalue weighted by molar-refractivity contribution is 7.07. The van der Waals surface area contributed by atoms with Gasteiger partial charge in [0.15, 0.2) is 0 Å². The number of rotatable bonds is 6. The number of nitrogens with zero attached hydrogens (tertiary/aromatic N) is 2. The number of aryl methyl sites for hydroxylation is 1. The summed E-state index contributed by atoms with van der Waals surface area (Å²) in [6.07, 6.45) is 0.731. The van der Waals surface area contributed by atoms with Crippen molar-refractivity contribution in [2.45, 2.75) is 46.1 Å². The van der Waals surface area contributed by atoms with Crippen molar-refractivity contribution in [1.82, 2.24) is 9.88 Å². The van der Waals surface area contributed by atoms with E-state index in [1.165, 1.54) is 5.56 Å². The van der Waals surface area contributed by atoms with E-state index < -0.39 is 0 Å². The molecule has 1 aromatic carbocycles. The lowest BCUT2D eigenvalue weighted by Gasteiger charge is -2.23. The summed E-state index contributed by atoms with van der Waals surface area (Å²) in [6.45, 7) is 9.48. The van der Waals surface area contributed by atoms with E-state index in [1.54, 1.807) is 11.3 Å². The Morgan fingerprint density at radius 2 is 1.89 bits per heavy atom. The van der Waals surface area contributed by atoms with Crippen LogP contribution in [0.3, 0.4) is 0 Å². The van der Waals surface area contributed by atoms with Gasteiger partial charge in [0.05, 0.1) is 17.7 Å². The predicted octanol–water partition coefficient (Wildman–Crippen LogP) is 5.23. The van der Waals surface area contributed by atoms with Gasteiger partial charge in [0.1, 0.15) is 11.5 Å². The molecule has 0 saturated heterocycles. The van der Waals surface area contributed by atoms with Crippen LogP contribution in [0.15, 0.2) is 51.7 Å². The van der Waals surface area contributed by atoms with E-state index in [1.807, 2.05) is 59.1 Å². The molecule has 0 aliphatic rings. The van der Waals surface area contributed by atoms with Crippen molar-refractivity contribution >= 4 is 17.2 Å². The molecule has 5 heteroatoms. The van der Waals surface area contributed by atoms with Crippen molar-refractivity contribution in [2.75, 3.05) is 6.54 Å². The fourth-order valence-electron chi connectivity index (χ4n) is 2.92. The quantitative estimate of drug-likeness (QED) is 0.587. The van der Waals surface area contributed by atoms with E-state index in [2.05, 4.69) is 25.8 Å². The van der Waals surface area contributed by atoms with E-state index >= 15 is 0 Å². The zero-order valence-electron chi connectivity index (χ0n) is 16.4. The molecule has 27 heavy (non-hydrogen) atoms. The summed E-state index contributed by atoms with van der Waals surface area (Å²) in [7, 11) is 0. The van der Waals surface area contributed by atoms with Crippen molar-refractivity contribution in [2.24, 2.45) is 0 Å². The highest BCUT2D eigenvalue weighted by Crippen LogP contribution is 2.23. The minimum atomic E-state index is 0.0136. The molecule has 0 radical (unpaired) electrons. The fourth-order valence-corrected chi connectivity index (χ4v) is 3.51. The van der Waals surface area contributed by atoms with Gasteiger partial charge in [-0.15, -0.1) is 11.3 Å². The van der Waals surface area contributed by atoms with Gasteiger partial charge in [0.25, 0.3) is 5.91 Å². The first-order chi connectivity index (χ1) is 12.8. The van der Waals surface area contributed by atoms with Gasteiger partial charge in [-0.05, 0) is 42.2 Å². The lowest BCUT2D eigenvalue weighted by molar-refractivity contribution is 0.0732. The third kappa shape index (κ3) is 5.07. The van der Waals surface area contributed by atoms with Crippen LogP contribution in [0.1, 0.15) is 53.9 Å². The first kappa shape index (κ1) is 19.4. The van der Waals surface area contributed by atoms with Crippen LogP contribution in [-0.2, 0) is 18.4 Å². The van der Waals surface area contributed by atoms with Gasteiger partial charge in [-0.1, -0.05) is 32.9 Å². The summed E-state index contributed by atoms with van der Waals surface area (Å²) >= 11 is 1.57. The van der Waals surface area contributed by atoms with E-state index in [4.69, 9.17) is 4.42 Å². The number of carbonyl (C=O) groups excluding carboxylic acids is 1. The van der Waals surface area contributed by atoms with Gasteiger partial charge in [0.2, 0.25) is 0 Å². The standard InChI is InChI=1S/C22H26N2O2S/c1-16-5-10-20(26-16)13-24(12-11-19-14-27-15-23-19)21(25)17-6-8-18(9-7-17)22(2,3)4/h5-10,14-15H,11-13H2,1-4H3. The summed E-state index contributed by atoms with van der Waals surface area (Å²) in [5, 5.41) is 2.03. The van der Waals surface area contributed by atoms with Gasteiger partial charge < -0.3 is 9.32 Å². The Labute approximate surface area is 164 Å². The van der Waals surface area contributed by atoms with Crippen LogP contribution in [0, 0.1) is 6.92 Å². The van der Waals surface area contributed by atoms with Crippen LogP contribution >= 0.6 is 11.3 Å². The zero-order chi connectivity index (χ0) is 19.4. The maximum absolute atomic E-state index is 13.1. The molecule has 0 atom stereocenters. The van der Waals surface area contributed by atoms with E-state index in [0.717, 1.165) is 23.6 Å². The predicted molar refractivity (Wildman–Crippen MR) is 109 cm³/mol. The zero-order valence-corrected chi connectivity index (χ0v) is 17.2. The molecule has 2 aromatic heterocycles. The van der Waals surface area contributed by atoms with Crippen molar-refractivity contribution in [3.63, 3.8) is 0 Å². The SMILES string of the molecule is Cc1ccc(CN(CCc2cscn2)C(=O)c2ccc(C(C)(C)C)cc2)o1. The van der Waals surface area contributed by atoms with E-state index in [-0.39, 0.29) is 11.3 Å². The molecule has 3 rings (SSSR count). The van der Waals surface area contributed by atoms with Crippen molar-refractivity contribution in [3.8, 4) is 0 Å². The molecule has 2 heterocycles. The van der Waals surface area contributed by atoms with Gasteiger partial charge in [0, 0.05) is 23.9 Å². The molecular formula is C22H26N2O2S. The Bertz CT molecular complexity index is 874. The third-order valence-electron chi connectivity index (χ3n) is 4.55. The molecular weight excluding hydrogens is 356 g/mol. The Morgan fingerprint density at radius 1 is 1.15 bits per heavy atom. The van der Waals surface area contributed by atoms with E-state index in [9.17, 15) is 4.79 Å². The van der Waals surface area contributed by atoms with Crippen LogP contribution in [-0.4, -0.2) is 22.3 Å². The van der Waals surface area contributed by atoms with Gasteiger partial charge in [-0.2, -0.15) is 0 Å². The molecule has 0 saturated carbocycles. The summed E-state index contributed by atoms with van der Waals surface area (Å²) in [4.78, 5) is 19.3. The number of aromatic nitrogens is 1. The van der Waals surface area contributed by atoms with Crippen LogP contribution < -0.4 is 0 Å². The molecule has 0 aliphatic heterocycles. The molecule has 142 valence electrons. The summed E-state index contributed by atoms with van der Waals surface area (Å²) in [5.74, 6) is 1.66. The lowest BCUT2D eigenvalue weighted by atomic mass is 9.86. The minimum absolute atomic E-state index is 0.0136. The lowest BCUT2D eigenvalue weighted by Crippen LogP contribution is -2.32. The van der Waals surface area contributed by atoms with Crippen LogP contribution in [0.4, 0.5) is 0 Å². The number of carbonyl (C=O) groups is 1. The molecule has 4 nitrogen and oxygen atoms in total. The van der Waals surface area contributed by atoms with Crippen molar-refractivity contribution in [1.29, 1.82) is 0 Å². The Morgan fingerprint density at radius 3 is 2.44 bits per heavy atom. The normalized spacial score (nSPS) is 11.6. The van der Waals surface area contributed by atoms with Crippen LogP contribution in [0.5, 0.6) is 0 Å². The second-order valence-electron chi connectivity index (χ2n) is 7.80. The Balaban J connectivity index is 1.78. The smallest absolute Gasteiger partial charge is 0.254 e. The minimum Gasteiger partial charge on any atom is -0.464 e. The largest absolute Gasteiger partial charge is 0.464 e. The maximum Gasteiger partial charge on any atom is 0.254 e. The number of benzene rings is 1. The molecule has 0 aliphatic carbocycles. The highest BCUT2D eigenvalue weighted by Gasteiger charge is 2.19. The number of hydrogen-bond donors (Lipinski definition) is 0. The third-order valence-corrected chi connectivity index (χ3v) is 5.18. The van der Waals surface area contributed by atoms with Gasteiger partial charge in [-0.3, -0.25) is 4.79 Å². The number of hydrogen-bond acceptors (Lipinski definition) is 4. The average molecular weight is 383 g/mol. The van der Waals surface area contributed by atoms with Crippen molar-refractivity contribution < 1.29 is 9.21 Å². The van der Waals surface area contributed by atoms with E-state index in [0.29, 0.717) is 18.7 Å². The first-order valence-electron chi connectivity index (χ1n) is 9.15. The van der Waals surface area contributed by atoms with Crippen LogP contribution in [0.2, 0.25) is 0 Å². The summed E-state index contributed by atoms with van der Waals surface area (Å²) in [6, 6.07) is 11.8. The Kier molecular flexibility index (Phi) is 5.80. The molecule has 1 amide bonds. The topological polar surface area (TPSA) is 46.3 Å². The molecule has 3 aromatic rings. The molecule has 0 fully saturated rings. The second-order valence-corrected chi connectivity index (χ2v) is 8.51. The van der Waals surface area contributed by atoms with Crippen molar-refractivity contribution in [3.05, 3.63) is 75.6 Å². The molecule has 0 unspecified atom stereocenters. The maximum atomic E-state index is 13.1. The number of furan rings is 1. The van der Waals surface area contributed by atoms with Gasteiger partial charge in [-0.25, -0.2) is 4.98 Å². The second kappa shape index (κ2) is 8.09. The average Bonchev–Trinajstić information content (AvgIpc) is 3.29. The molecule has 0 bridgehead atoms. The number of thiazole rings is 1. The fraction of sp³-hybridized carbons (Fsp3) is 0.364.